The van der Waals surface area contributed by atoms with Gasteiger partial charge in [0, 0.05) is 5.56 Å². The Hall–Kier alpha value is -2.35. The van der Waals surface area contributed by atoms with Gasteiger partial charge in [0.25, 0.3) is 0 Å². The van der Waals surface area contributed by atoms with Gasteiger partial charge in [-0.2, -0.15) is 0 Å². The van der Waals surface area contributed by atoms with Crippen molar-refractivity contribution in [3.8, 4) is 5.75 Å². The number of rotatable bonds is 4. The Bertz CT molecular complexity index is 637. The molecule has 2 nitrogen and oxygen atoms in total. The monoisotopic (exact) mass is 266 g/mol. The zero-order valence-electron chi connectivity index (χ0n) is 12.0. The third-order valence-corrected chi connectivity index (χ3v) is 3.33. The van der Waals surface area contributed by atoms with Crippen molar-refractivity contribution >= 4 is 11.9 Å². The molecular weight excluding hydrogens is 248 g/mol. The van der Waals surface area contributed by atoms with Crippen LogP contribution in [-0.4, -0.2) is 12.9 Å². The summed E-state index contributed by atoms with van der Waals surface area (Å²) in [6, 6.07) is 13.3. The summed E-state index contributed by atoms with van der Waals surface area (Å²) in [6.07, 6.45) is 3.45. The number of hydrogen-bond acceptors (Lipinski definition) is 2. The molecule has 2 rings (SSSR count). The first kappa shape index (κ1) is 14.1. The van der Waals surface area contributed by atoms with E-state index in [2.05, 4.69) is 26.0 Å². The van der Waals surface area contributed by atoms with Crippen molar-refractivity contribution in [3.05, 3.63) is 70.8 Å². The second-order valence-electron chi connectivity index (χ2n) is 4.77. The summed E-state index contributed by atoms with van der Waals surface area (Å²) < 4.78 is 5.07. The molecule has 102 valence electrons. The fourth-order valence-corrected chi connectivity index (χ4v) is 1.89. The number of hydrogen-bond donors (Lipinski definition) is 0. The number of methoxy groups -OCH3 is 1. The topological polar surface area (TPSA) is 26.3 Å². The van der Waals surface area contributed by atoms with Crippen molar-refractivity contribution in [1.82, 2.24) is 0 Å². The van der Waals surface area contributed by atoms with E-state index < -0.39 is 0 Å². The number of carbonyl (C=O) groups excluding carboxylic acids is 1. The lowest BCUT2D eigenvalue weighted by molar-refractivity contribution is 0.104. The summed E-state index contributed by atoms with van der Waals surface area (Å²) >= 11 is 0. The molecule has 20 heavy (non-hydrogen) atoms. The van der Waals surface area contributed by atoms with E-state index >= 15 is 0 Å². The molecule has 0 atom stereocenters. The smallest absolute Gasteiger partial charge is 0.185 e. The molecule has 0 bridgehead atoms. The highest BCUT2D eigenvalue weighted by atomic mass is 16.5. The molecule has 0 spiro atoms. The van der Waals surface area contributed by atoms with Crippen molar-refractivity contribution in [1.29, 1.82) is 0 Å². The molecule has 0 saturated heterocycles. The third kappa shape index (κ3) is 3.35. The number of ketones is 1. The Labute approximate surface area is 119 Å². The van der Waals surface area contributed by atoms with Crippen molar-refractivity contribution in [2.75, 3.05) is 7.11 Å². The molecule has 0 amide bonds. The average Bonchev–Trinajstić information content (AvgIpc) is 2.48. The van der Waals surface area contributed by atoms with E-state index in [9.17, 15) is 4.79 Å². The summed E-state index contributed by atoms with van der Waals surface area (Å²) in [4.78, 5) is 12.0. The van der Waals surface area contributed by atoms with E-state index in [4.69, 9.17) is 4.74 Å². The van der Waals surface area contributed by atoms with Crippen molar-refractivity contribution < 1.29 is 9.53 Å². The molecule has 0 aliphatic heterocycles. The first-order chi connectivity index (χ1) is 9.60. The van der Waals surface area contributed by atoms with E-state index in [1.54, 1.807) is 37.5 Å². The second-order valence-corrected chi connectivity index (χ2v) is 4.77. The van der Waals surface area contributed by atoms with Gasteiger partial charge in [0.2, 0.25) is 0 Å². The molecule has 0 radical (unpaired) electrons. The number of ether oxygens (including phenoxy) is 1. The predicted molar refractivity (Wildman–Crippen MR) is 82.3 cm³/mol. The highest BCUT2D eigenvalue weighted by Gasteiger charge is 2.02. The van der Waals surface area contributed by atoms with Crippen molar-refractivity contribution in [2.24, 2.45) is 0 Å². The van der Waals surface area contributed by atoms with Crippen LogP contribution in [0.25, 0.3) is 6.08 Å². The zero-order valence-corrected chi connectivity index (χ0v) is 12.0. The van der Waals surface area contributed by atoms with Crippen molar-refractivity contribution in [2.45, 2.75) is 13.8 Å². The summed E-state index contributed by atoms with van der Waals surface area (Å²) in [7, 11) is 1.61. The van der Waals surface area contributed by atoms with Gasteiger partial charge in [-0.15, -0.1) is 0 Å². The normalized spacial score (nSPS) is 10.8. The molecule has 0 aliphatic rings. The average molecular weight is 266 g/mol. The molecule has 0 aliphatic carbocycles. The Kier molecular flexibility index (Phi) is 4.36. The maximum Gasteiger partial charge on any atom is 0.185 e. The van der Waals surface area contributed by atoms with Crippen LogP contribution in [0.5, 0.6) is 5.75 Å². The lowest BCUT2D eigenvalue weighted by Crippen LogP contribution is -1.94. The van der Waals surface area contributed by atoms with Gasteiger partial charge in [-0.1, -0.05) is 24.3 Å². The second kappa shape index (κ2) is 6.20. The lowest BCUT2D eigenvalue weighted by atomic mass is 10.0. The zero-order chi connectivity index (χ0) is 14.5. The van der Waals surface area contributed by atoms with Gasteiger partial charge in [-0.3, -0.25) is 4.79 Å². The maximum absolute atomic E-state index is 12.0. The minimum Gasteiger partial charge on any atom is -0.497 e. The standard InChI is InChI=1S/C18H18O2/c1-13-4-5-15(12-14(13)2)6-11-18(19)16-7-9-17(20-3)10-8-16/h4-12H,1-3H3/b11-6+. The van der Waals surface area contributed by atoms with Crippen LogP contribution in [-0.2, 0) is 0 Å². The van der Waals surface area contributed by atoms with E-state index in [0.717, 1.165) is 11.3 Å². The van der Waals surface area contributed by atoms with Gasteiger partial charge in [-0.25, -0.2) is 0 Å². The molecular formula is C18H18O2. The number of carbonyl (C=O) groups is 1. The maximum atomic E-state index is 12.0. The highest BCUT2D eigenvalue weighted by Crippen LogP contribution is 2.14. The van der Waals surface area contributed by atoms with Crippen LogP contribution >= 0.6 is 0 Å². The Morgan fingerprint density at radius 3 is 2.30 bits per heavy atom. The number of allylic oxidation sites excluding steroid dienone is 1. The molecule has 0 unspecified atom stereocenters. The predicted octanol–water partition coefficient (Wildman–Crippen LogP) is 4.21. The third-order valence-electron chi connectivity index (χ3n) is 3.33. The largest absolute Gasteiger partial charge is 0.497 e. The molecule has 2 heteroatoms. The fraction of sp³-hybridized carbons (Fsp3) is 0.167. The summed E-state index contributed by atoms with van der Waals surface area (Å²) in [6.45, 7) is 4.14. The van der Waals surface area contributed by atoms with Crippen LogP contribution in [0.3, 0.4) is 0 Å². The molecule has 0 saturated carbocycles. The van der Waals surface area contributed by atoms with E-state index in [1.165, 1.54) is 11.1 Å². The molecule has 2 aromatic rings. The minimum atomic E-state index is -0.00844. The van der Waals surface area contributed by atoms with Gasteiger partial charge >= 0.3 is 0 Å². The van der Waals surface area contributed by atoms with Crippen LogP contribution in [0.1, 0.15) is 27.0 Å². The minimum absolute atomic E-state index is 0.00844. The van der Waals surface area contributed by atoms with Gasteiger partial charge in [-0.05, 0) is 60.9 Å². The van der Waals surface area contributed by atoms with E-state index in [0.29, 0.717) is 5.56 Å². The summed E-state index contributed by atoms with van der Waals surface area (Å²) in [5.74, 6) is 0.741. The lowest BCUT2D eigenvalue weighted by Gasteiger charge is -2.01. The van der Waals surface area contributed by atoms with Gasteiger partial charge < -0.3 is 4.74 Å². The van der Waals surface area contributed by atoms with E-state index in [-0.39, 0.29) is 5.78 Å². The Balaban J connectivity index is 2.13. The van der Waals surface area contributed by atoms with Gasteiger partial charge in [0.15, 0.2) is 5.78 Å². The number of aryl methyl sites for hydroxylation is 2. The van der Waals surface area contributed by atoms with Crippen LogP contribution in [0.15, 0.2) is 48.5 Å². The Morgan fingerprint density at radius 2 is 1.70 bits per heavy atom. The van der Waals surface area contributed by atoms with Crippen LogP contribution in [0.2, 0.25) is 0 Å². The van der Waals surface area contributed by atoms with Gasteiger partial charge in [0.05, 0.1) is 7.11 Å². The molecule has 0 heterocycles. The van der Waals surface area contributed by atoms with Crippen LogP contribution in [0, 0.1) is 13.8 Å². The van der Waals surface area contributed by atoms with Crippen LogP contribution < -0.4 is 4.74 Å². The molecule has 0 N–H and O–H groups in total. The highest BCUT2D eigenvalue weighted by molar-refractivity contribution is 6.06. The SMILES string of the molecule is COc1ccc(C(=O)/C=C/c2ccc(C)c(C)c2)cc1. The first-order valence-corrected chi connectivity index (χ1v) is 6.54. The van der Waals surface area contributed by atoms with E-state index in [1.807, 2.05) is 12.1 Å². The van der Waals surface area contributed by atoms with Crippen molar-refractivity contribution in [3.63, 3.8) is 0 Å². The van der Waals surface area contributed by atoms with Gasteiger partial charge in [0.1, 0.15) is 5.75 Å². The molecule has 0 fully saturated rings. The quantitative estimate of drug-likeness (QED) is 0.612. The Morgan fingerprint density at radius 1 is 1.00 bits per heavy atom. The first-order valence-electron chi connectivity index (χ1n) is 6.54. The summed E-state index contributed by atoms with van der Waals surface area (Å²) in [5, 5.41) is 0. The number of benzene rings is 2. The summed E-state index contributed by atoms with van der Waals surface area (Å²) in [5.41, 5.74) is 4.17. The molecule has 0 aromatic heterocycles. The fourth-order valence-electron chi connectivity index (χ4n) is 1.89. The molecule has 2 aromatic carbocycles. The van der Waals surface area contributed by atoms with Crippen LogP contribution in [0.4, 0.5) is 0 Å².